The van der Waals surface area contributed by atoms with Gasteiger partial charge >= 0.3 is 0 Å². The summed E-state index contributed by atoms with van der Waals surface area (Å²) in [5, 5.41) is 3.07. The van der Waals surface area contributed by atoms with Crippen LogP contribution in [0.15, 0.2) is 22.6 Å². The van der Waals surface area contributed by atoms with Crippen LogP contribution < -0.4 is 10.1 Å². The highest BCUT2D eigenvalue weighted by atomic mass is 16.5. The van der Waals surface area contributed by atoms with Crippen LogP contribution >= 0.6 is 0 Å². The van der Waals surface area contributed by atoms with Crippen molar-refractivity contribution < 1.29 is 13.9 Å². The predicted octanol–water partition coefficient (Wildman–Crippen LogP) is 2.83. The molecule has 1 aromatic carbocycles. The second-order valence-electron chi connectivity index (χ2n) is 5.52. The minimum absolute atomic E-state index is 0.0135. The van der Waals surface area contributed by atoms with Crippen LogP contribution in [0.25, 0.3) is 11.1 Å². The average molecular weight is 288 g/mol. The van der Waals surface area contributed by atoms with Gasteiger partial charge in [0.05, 0.1) is 7.11 Å². The Labute approximate surface area is 123 Å². The lowest BCUT2D eigenvalue weighted by atomic mass is 9.95. The lowest BCUT2D eigenvalue weighted by molar-refractivity contribution is -0.121. The molecule has 0 radical (unpaired) electrons. The van der Waals surface area contributed by atoms with Gasteiger partial charge in [-0.1, -0.05) is 19.3 Å². The number of nitrogens with one attached hydrogen (secondary N) is 1. The zero-order chi connectivity index (χ0) is 14.7. The quantitative estimate of drug-likeness (QED) is 0.939. The van der Waals surface area contributed by atoms with Crippen molar-refractivity contribution in [2.45, 2.75) is 44.6 Å². The Morgan fingerprint density at radius 3 is 2.95 bits per heavy atom. The summed E-state index contributed by atoms with van der Waals surface area (Å²) in [7, 11) is 1.61. The number of benzene rings is 1. The molecule has 5 nitrogen and oxygen atoms in total. The van der Waals surface area contributed by atoms with E-state index in [9.17, 15) is 4.79 Å². The summed E-state index contributed by atoms with van der Waals surface area (Å²) in [6.07, 6.45) is 6.03. The number of rotatable bonds is 4. The second-order valence-corrected chi connectivity index (χ2v) is 5.52. The summed E-state index contributed by atoms with van der Waals surface area (Å²) in [5.74, 6) is 1.17. The fraction of sp³-hybridized carbons (Fsp3) is 0.500. The summed E-state index contributed by atoms with van der Waals surface area (Å²) in [5.41, 5.74) is 1.39. The first kappa shape index (κ1) is 13.9. The van der Waals surface area contributed by atoms with Crippen LogP contribution in [0.4, 0.5) is 0 Å². The summed E-state index contributed by atoms with van der Waals surface area (Å²) < 4.78 is 10.8. The maximum Gasteiger partial charge on any atom is 0.229 e. The number of aromatic nitrogens is 1. The number of carbonyl (C=O) groups is 1. The van der Waals surface area contributed by atoms with E-state index in [2.05, 4.69) is 10.3 Å². The highest BCUT2D eigenvalue weighted by molar-refractivity contribution is 5.80. The molecule has 21 heavy (non-hydrogen) atoms. The molecule has 0 spiro atoms. The summed E-state index contributed by atoms with van der Waals surface area (Å²) in [6, 6.07) is 5.75. The molecule has 1 amide bonds. The average Bonchev–Trinajstić information content (AvgIpc) is 2.89. The maximum atomic E-state index is 12.0. The third-order valence-electron chi connectivity index (χ3n) is 3.92. The zero-order valence-corrected chi connectivity index (χ0v) is 12.2. The van der Waals surface area contributed by atoms with Gasteiger partial charge in [-0.05, 0) is 25.0 Å². The maximum absolute atomic E-state index is 12.0. The van der Waals surface area contributed by atoms with E-state index in [1.165, 1.54) is 19.3 Å². The molecular formula is C16H20N2O3. The number of hydrogen-bond donors (Lipinski definition) is 1. The van der Waals surface area contributed by atoms with Crippen LogP contribution in [0.1, 0.15) is 38.0 Å². The van der Waals surface area contributed by atoms with Gasteiger partial charge in [0.15, 0.2) is 5.58 Å². The molecule has 112 valence electrons. The molecule has 0 saturated heterocycles. The first-order chi connectivity index (χ1) is 10.2. The van der Waals surface area contributed by atoms with Gasteiger partial charge in [-0.15, -0.1) is 0 Å². The standard InChI is InChI=1S/C16H20N2O3/c1-20-12-7-8-14-13(9-12)18-16(21-14)10-15(19)17-11-5-3-2-4-6-11/h7-9,11H,2-6,10H2,1H3,(H,17,19). The molecule has 1 fully saturated rings. The molecule has 3 rings (SSSR count). The second kappa shape index (κ2) is 6.16. The third-order valence-corrected chi connectivity index (χ3v) is 3.92. The number of methoxy groups -OCH3 is 1. The number of ether oxygens (including phenoxy) is 1. The van der Waals surface area contributed by atoms with Gasteiger partial charge in [-0.25, -0.2) is 4.98 Å². The molecule has 0 bridgehead atoms. The van der Waals surface area contributed by atoms with E-state index >= 15 is 0 Å². The van der Waals surface area contributed by atoms with E-state index in [1.807, 2.05) is 12.1 Å². The van der Waals surface area contributed by atoms with Crippen molar-refractivity contribution in [3.05, 3.63) is 24.1 Å². The summed E-state index contributed by atoms with van der Waals surface area (Å²) in [4.78, 5) is 16.4. The van der Waals surface area contributed by atoms with Gasteiger partial charge in [-0.3, -0.25) is 4.79 Å². The normalized spacial score (nSPS) is 16.0. The fourth-order valence-corrected chi connectivity index (χ4v) is 2.82. The van der Waals surface area contributed by atoms with E-state index < -0.39 is 0 Å². The molecule has 0 atom stereocenters. The van der Waals surface area contributed by atoms with Crippen molar-refractivity contribution in [3.63, 3.8) is 0 Å². The Kier molecular flexibility index (Phi) is 4.08. The Bertz CT molecular complexity index is 629. The predicted molar refractivity (Wildman–Crippen MR) is 79.3 cm³/mol. The Morgan fingerprint density at radius 1 is 1.38 bits per heavy atom. The van der Waals surface area contributed by atoms with Crippen LogP contribution in [0.5, 0.6) is 5.75 Å². The molecule has 1 saturated carbocycles. The number of fused-ring (bicyclic) bond motifs is 1. The Balaban J connectivity index is 1.65. The van der Waals surface area contributed by atoms with Crippen molar-refractivity contribution in [1.29, 1.82) is 0 Å². The highest BCUT2D eigenvalue weighted by Crippen LogP contribution is 2.22. The van der Waals surface area contributed by atoms with Gasteiger partial charge in [0.1, 0.15) is 17.7 Å². The van der Waals surface area contributed by atoms with Gasteiger partial charge < -0.3 is 14.5 Å². The first-order valence-corrected chi connectivity index (χ1v) is 7.47. The molecule has 5 heteroatoms. The van der Waals surface area contributed by atoms with Crippen LogP contribution in [0.3, 0.4) is 0 Å². The van der Waals surface area contributed by atoms with Gasteiger partial charge in [0, 0.05) is 12.1 Å². The lowest BCUT2D eigenvalue weighted by Crippen LogP contribution is -2.37. The first-order valence-electron chi connectivity index (χ1n) is 7.47. The molecule has 0 unspecified atom stereocenters. The van der Waals surface area contributed by atoms with Crippen molar-refractivity contribution in [1.82, 2.24) is 10.3 Å². The van der Waals surface area contributed by atoms with Crippen LogP contribution in [0.2, 0.25) is 0 Å². The molecular weight excluding hydrogens is 268 g/mol. The SMILES string of the molecule is COc1ccc2oc(CC(=O)NC3CCCCC3)nc2c1. The lowest BCUT2D eigenvalue weighted by Gasteiger charge is -2.22. The minimum atomic E-state index is -0.0135. The van der Waals surface area contributed by atoms with E-state index in [0.29, 0.717) is 17.5 Å². The van der Waals surface area contributed by atoms with Gasteiger partial charge in [-0.2, -0.15) is 0 Å². The highest BCUT2D eigenvalue weighted by Gasteiger charge is 2.17. The number of carbonyl (C=O) groups excluding carboxylic acids is 1. The number of oxazole rings is 1. The van der Waals surface area contributed by atoms with Gasteiger partial charge in [0.2, 0.25) is 11.8 Å². The zero-order valence-electron chi connectivity index (χ0n) is 12.2. The van der Waals surface area contributed by atoms with Crippen molar-refractivity contribution >= 4 is 17.0 Å². The smallest absolute Gasteiger partial charge is 0.229 e. The van der Waals surface area contributed by atoms with Crippen LogP contribution in [-0.2, 0) is 11.2 Å². The molecule has 1 aliphatic carbocycles. The van der Waals surface area contributed by atoms with Crippen LogP contribution in [0, 0.1) is 0 Å². The van der Waals surface area contributed by atoms with E-state index in [1.54, 1.807) is 13.2 Å². The molecule has 1 aliphatic rings. The fourth-order valence-electron chi connectivity index (χ4n) is 2.82. The number of hydrogen-bond acceptors (Lipinski definition) is 4. The van der Waals surface area contributed by atoms with E-state index in [0.717, 1.165) is 24.1 Å². The van der Waals surface area contributed by atoms with Crippen molar-refractivity contribution in [2.75, 3.05) is 7.11 Å². The van der Waals surface area contributed by atoms with Gasteiger partial charge in [0.25, 0.3) is 0 Å². The largest absolute Gasteiger partial charge is 0.497 e. The monoisotopic (exact) mass is 288 g/mol. The number of nitrogens with zero attached hydrogens (tertiary/aromatic N) is 1. The topological polar surface area (TPSA) is 64.4 Å². The van der Waals surface area contributed by atoms with E-state index in [-0.39, 0.29) is 12.3 Å². The molecule has 2 aromatic rings. The molecule has 1 heterocycles. The van der Waals surface area contributed by atoms with Crippen LogP contribution in [-0.4, -0.2) is 24.0 Å². The Morgan fingerprint density at radius 2 is 2.19 bits per heavy atom. The molecule has 1 aromatic heterocycles. The van der Waals surface area contributed by atoms with E-state index in [4.69, 9.17) is 9.15 Å². The Hall–Kier alpha value is -2.04. The minimum Gasteiger partial charge on any atom is -0.497 e. The summed E-state index contributed by atoms with van der Waals surface area (Å²) >= 11 is 0. The molecule has 1 N–H and O–H groups in total. The van der Waals surface area contributed by atoms with Crippen molar-refractivity contribution in [3.8, 4) is 5.75 Å². The number of amides is 1. The van der Waals surface area contributed by atoms with Crippen molar-refractivity contribution in [2.24, 2.45) is 0 Å². The third kappa shape index (κ3) is 3.35. The summed E-state index contributed by atoms with van der Waals surface area (Å²) in [6.45, 7) is 0. The molecule has 0 aliphatic heterocycles.